The summed E-state index contributed by atoms with van der Waals surface area (Å²) in [4.78, 5) is 27.2. The molecule has 5 rings (SSSR count). The topological polar surface area (TPSA) is 92.8 Å². The van der Waals surface area contributed by atoms with Crippen LogP contribution < -0.4 is 16.3 Å². The predicted octanol–water partition coefficient (Wildman–Crippen LogP) is 3.77. The fourth-order valence-electron chi connectivity index (χ4n) is 3.98. The van der Waals surface area contributed by atoms with Crippen LogP contribution in [-0.2, 0) is 19.6 Å². The summed E-state index contributed by atoms with van der Waals surface area (Å²) in [5, 5.41) is 0. The van der Waals surface area contributed by atoms with Crippen molar-refractivity contribution in [2.45, 2.75) is 19.6 Å². The molecule has 0 saturated carbocycles. The van der Waals surface area contributed by atoms with Crippen LogP contribution in [0.4, 0.5) is 5.82 Å². The lowest BCUT2D eigenvalue weighted by Gasteiger charge is -2.24. The van der Waals surface area contributed by atoms with E-state index in [1.165, 1.54) is 6.33 Å². The molecule has 3 aromatic carbocycles. The average molecular weight is 437 g/mol. The number of H-pyrrole nitrogens is 1. The number of fused-ring (bicyclic) bond motifs is 1. The van der Waals surface area contributed by atoms with Gasteiger partial charge >= 0.3 is 5.69 Å². The van der Waals surface area contributed by atoms with Crippen molar-refractivity contribution >= 4 is 17.0 Å². The maximum absolute atomic E-state index is 13.0. The Labute approximate surface area is 191 Å². The highest BCUT2D eigenvalue weighted by Gasteiger charge is 2.19. The summed E-state index contributed by atoms with van der Waals surface area (Å²) < 4.78 is 1.57. The highest BCUT2D eigenvalue weighted by molar-refractivity contribution is 5.84. The maximum Gasteiger partial charge on any atom is 0.332 e. The molecule has 2 aromatic heterocycles. The molecule has 7 heteroatoms. The highest BCUT2D eigenvalue weighted by Crippen LogP contribution is 2.25. The van der Waals surface area contributed by atoms with E-state index in [9.17, 15) is 4.79 Å². The number of nitrogens with two attached hydrogens (primary N) is 1. The molecule has 2 heterocycles. The number of aromatic nitrogens is 4. The normalized spacial score (nSPS) is 11.1. The van der Waals surface area contributed by atoms with Gasteiger partial charge in [0.15, 0.2) is 11.5 Å². The van der Waals surface area contributed by atoms with E-state index in [1.54, 1.807) is 4.57 Å². The smallest absolute Gasteiger partial charge is 0.332 e. The summed E-state index contributed by atoms with van der Waals surface area (Å²) in [5.74, 6) is 0.683. The molecule has 0 radical (unpaired) electrons. The molecular weight excluding hydrogens is 412 g/mol. The second-order valence-electron chi connectivity index (χ2n) is 7.86. The second-order valence-corrected chi connectivity index (χ2v) is 7.86. The molecule has 5 aromatic rings. The third-order valence-electron chi connectivity index (χ3n) is 5.62. The standard InChI is InChI=1S/C26H24N6O/c27-15-19-11-13-22(14-12-19)32-25-23(30-26(32)33)24(28-18-29-25)31(16-20-7-3-1-4-8-20)17-21-9-5-2-6-10-21/h1-14,18H,15-17,27H2,(H,30,33). The van der Waals surface area contributed by atoms with E-state index in [4.69, 9.17) is 5.73 Å². The van der Waals surface area contributed by atoms with E-state index in [0.717, 1.165) is 22.4 Å². The Morgan fingerprint density at radius 1 is 0.788 bits per heavy atom. The molecule has 164 valence electrons. The molecule has 0 aliphatic heterocycles. The van der Waals surface area contributed by atoms with E-state index >= 15 is 0 Å². The Morgan fingerprint density at radius 2 is 1.39 bits per heavy atom. The van der Waals surface area contributed by atoms with Crippen molar-refractivity contribution in [3.05, 3.63) is 118 Å². The first-order chi connectivity index (χ1) is 16.2. The number of rotatable bonds is 7. The Hall–Kier alpha value is -4.23. The van der Waals surface area contributed by atoms with Gasteiger partial charge in [0.1, 0.15) is 11.8 Å². The minimum atomic E-state index is -0.258. The largest absolute Gasteiger partial charge is 0.346 e. The highest BCUT2D eigenvalue weighted by atomic mass is 16.1. The lowest BCUT2D eigenvalue weighted by molar-refractivity contribution is 0.785. The first-order valence-corrected chi connectivity index (χ1v) is 10.8. The zero-order valence-electron chi connectivity index (χ0n) is 18.1. The maximum atomic E-state index is 13.0. The molecule has 0 amide bonds. The van der Waals surface area contributed by atoms with Gasteiger partial charge < -0.3 is 15.6 Å². The fraction of sp³-hybridized carbons (Fsp3) is 0.115. The Kier molecular flexibility index (Phi) is 5.70. The zero-order valence-corrected chi connectivity index (χ0v) is 18.1. The second kappa shape index (κ2) is 9.10. The SMILES string of the molecule is NCc1ccc(-n2c(=O)[nH]c3c(N(Cc4ccccc4)Cc4ccccc4)ncnc32)cc1. The number of hydrogen-bond acceptors (Lipinski definition) is 5. The van der Waals surface area contributed by atoms with Crippen molar-refractivity contribution in [2.75, 3.05) is 4.90 Å². The molecule has 0 saturated heterocycles. The summed E-state index contributed by atoms with van der Waals surface area (Å²) in [5.41, 5.74) is 10.6. The fourth-order valence-corrected chi connectivity index (χ4v) is 3.98. The number of aromatic amines is 1. The summed E-state index contributed by atoms with van der Waals surface area (Å²) in [6.07, 6.45) is 1.51. The van der Waals surface area contributed by atoms with Crippen LogP contribution in [0.5, 0.6) is 0 Å². The Balaban J connectivity index is 1.61. The van der Waals surface area contributed by atoms with E-state index in [2.05, 4.69) is 44.1 Å². The monoisotopic (exact) mass is 436 g/mol. The molecular formula is C26H24N6O. The van der Waals surface area contributed by atoms with E-state index in [1.807, 2.05) is 60.7 Å². The first kappa shape index (κ1) is 20.7. The number of benzene rings is 3. The molecule has 0 spiro atoms. The van der Waals surface area contributed by atoms with Gasteiger partial charge in [0.05, 0.1) is 5.69 Å². The van der Waals surface area contributed by atoms with Crippen molar-refractivity contribution in [3.63, 3.8) is 0 Å². The molecule has 0 fully saturated rings. The van der Waals surface area contributed by atoms with Crippen LogP contribution in [0.1, 0.15) is 16.7 Å². The Bertz CT molecular complexity index is 1370. The molecule has 0 unspecified atom stereocenters. The minimum Gasteiger partial charge on any atom is -0.346 e. The van der Waals surface area contributed by atoms with Crippen molar-refractivity contribution in [1.29, 1.82) is 0 Å². The number of imidazole rings is 1. The van der Waals surface area contributed by atoms with Crippen molar-refractivity contribution in [3.8, 4) is 5.69 Å². The summed E-state index contributed by atoms with van der Waals surface area (Å²) in [6, 6.07) is 28.0. The van der Waals surface area contributed by atoms with Crippen LogP contribution >= 0.6 is 0 Å². The van der Waals surface area contributed by atoms with Crippen molar-refractivity contribution in [1.82, 2.24) is 19.5 Å². The van der Waals surface area contributed by atoms with Gasteiger partial charge in [-0.3, -0.25) is 0 Å². The van der Waals surface area contributed by atoms with Crippen LogP contribution in [-0.4, -0.2) is 19.5 Å². The van der Waals surface area contributed by atoms with Gasteiger partial charge in [0.2, 0.25) is 0 Å². The average Bonchev–Trinajstić information content (AvgIpc) is 3.21. The predicted molar refractivity (Wildman–Crippen MR) is 130 cm³/mol. The Morgan fingerprint density at radius 3 is 1.97 bits per heavy atom. The minimum absolute atomic E-state index is 0.258. The van der Waals surface area contributed by atoms with Gasteiger partial charge in [-0.15, -0.1) is 0 Å². The molecule has 0 aliphatic carbocycles. The van der Waals surface area contributed by atoms with Crippen LogP contribution in [0.3, 0.4) is 0 Å². The van der Waals surface area contributed by atoms with E-state index in [0.29, 0.717) is 36.6 Å². The lowest BCUT2D eigenvalue weighted by Crippen LogP contribution is -2.23. The molecule has 0 aliphatic rings. The number of nitrogens with one attached hydrogen (secondary N) is 1. The van der Waals surface area contributed by atoms with Crippen LogP contribution in [0.15, 0.2) is 96.1 Å². The molecule has 33 heavy (non-hydrogen) atoms. The molecule has 0 bridgehead atoms. The zero-order chi connectivity index (χ0) is 22.6. The third kappa shape index (κ3) is 4.26. The van der Waals surface area contributed by atoms with E-state index < -0.39 is 0 Å². The first-order valence-electron chi connectivity index (χ1n) is 10.8. The van der Waals surface area contributed by atoms with Gasteiger partial charge in [-0.25, -0.2) is 19.3 Å². The molecule has 7 nitrogen and oxygen atoms in total. The van der Waals surface area contributed by atoms with Gasteiger partial charge in [-0.05, 0) is 28.8 Å². The van der Waals surface area contributed by atoms with E-state index in [-0.39, 0.29) is 5.69 Å². The molecule has 0 atom stereocenters. The van der Waals surface area contributed by atoms with Gasteiger partial charge in [-0.1, -0.05) is 72.8 Å². The van der Waals surface area contributed by atoms with Gasteiger partial charge in [0, 0.05) is 19.6 Å². The van der Waals surface area contributed by atoms with Crippen LogP contribution in [0.25, 0.3) is 16.9 Å². The quantitative estimate of drug-likeness (QED) is 0.405. The lowest BCUT2D eigenvalue weighted by atomic mass is 10.1. The van der Waals surface area contributed by atoms with Crippen LogP contribution in [0.2, 0.25) is 0 Å². The van der Waals surface area contributed by atoms with Gasteiger partial charge in [-0.2, -0.15) is 0 Å². The summed E-state index contributed by atoms with van der Waals surface area (Å²) in [7, 11) is 0. The third-order valence-corrected chi connectivity index (χ3v) is 5.62. The number of hydrogen-bond donors (Lipinski definition) is 2. The van der Waals surface area contributed by atoms with Gasteiger partial charge in [0.25, 0.3) is 0 Å². The molecule has 3 N–H and O–H groups in total. The number of nitrogens with zero attached hydrogens (tertiary/aromatic N) is 4. The number of anilines is 1. The summed E-state index contributed by atoms with van der Waals surface area (Å²) in [6.45, 7) is 1.73. The van der Waals surface area contributed by atoms with Crippen molar-refractivity contribution < 1.29 is 0 Å². The summed E-state index contributed by atoms with van der Waals surface area (Å²) >= 11 is 0. The van der Waals surface area contributed by atoms with Crippen molar-refractivity contribution in [2.24, 2.45) is 5.73 Å². The van der Waals surface area contributed by atoms with Crippen LogP contribution in [0, 0.1) is 0 Å².